The van der Waals surface area contributed by atoms with Crippen molar-refractivity contribution in [1.29, 1.82) is 0 Å². The molecule has 0 radical (unpaired) electrons. The molecule has 0 saturated heterocycles. The van der Waals surface area contributed by atoms with Crippen LogP contribution in [0.25, 0.3) is 0 Å². The summed E-state index contributed by atoms with van der Waals surface area (Å²) in [5.74, 6) is 1.58. The Morgan fingerprint density at radius 3 is 2.38 bits per heavy atom. The first-order valence-corrected chi connectivity index (χ1v) is 4.01. The lowest BCUT2D eigenvalue weighted by molar-refractivity contribution is 0.181. The van der Waals surface area contributed by atoms with Gasteiger partial charge in [0.2, 0.25) is 0 Å². The third-order valence-electron chi connectivity index (χ3n) is 1.79. The molecular formula is C10H14O3. The molecule has 0 aliphatic rings. The maximum absolute atomic E-state index is 5.18. The Bertz CT molecular complexity index is 271. The molecule has 1 rings (SSSR count). The van der Waals surface area contributed by atoms with Gasteiger partial charge in [-0.05, 0) is 12.1 Å². The topological polar surface area (TPSA) is 27.7 Å². The molecule has 0 fully saturated rings. The van der Waals surface area contributed by atoms with Crippen molar-refractivity contribution in [2.75, 3.05) is 21.3 Å². The second-order valence-corrected chi connectivity index (χ2v) is 2.61. The van der Waals surface area contributed by atoms with Gasteiger partial charge in [-0.1, -0.05) is 0 Å². The van der Waals surface area contributed by atoms with E-state index in [9.17, 15) is 0 Å². The van der Waals surface area contributed by atoms with Crippen molar-refractivity contribution in [3.05, 3.63) is 23.8 Å². The van der Waals surface area contributed by atoms with Crippen molar-refractivity contribution in [3.8, 4) is 11.5 Å². The number of hydrogen-bond donors (Lipinski definition) is 0. The van der Waals surface area contributed by atoms with Gasteiger partial charge < -0.3 is 14.2 Å². The largest absolute Gasteiger partial charge is 0.497 e. The second kappa shape index (κ2) is 4.72. The number of benzene rings is 1. The van der Waals surface area contributed by atoms with Crippen LogP contribution < -0.4 is 9.47 Å². The quantitative estimate of drug-likeness (QED) is 0.711. The summed E-state index contributed by atoms with van der Waals surface area (Å²) in [6.07, 6.45) is 0. The number of rotatable bonds is 4. The van der Waals surface area contributed by atoms with E-state index in [0.717, 1.165) is 17.1 Å². The van der Waals surface area contributed by atoms with Gasteiger partial charge in [-0.3, -0.25) is 0 Å². The van der Waals surface area contributed by atoms with Gasteiger partial charge in [0.25, 0.3) is 0 Å². The highest BCUT2D eigenvalue weighted by atomic mass is 16.5. The standard InChI is InChI=1S/C10H14O3/c1-11-7-8-4-5-9(12-2)6-10(8)13-3/h4-6H,7H2,1-3H3. The lowest BCUT2D eigenvalue weighted by Crippen LogP contribution is -1.94. The van der Waals surface area contributed by atoms with Crippen molar-refractivity contribution in [2.24, 2.45) is 0 Å². The number of ether oxygens (including phenoxy) is 3. The van der Waals surface area contributed by atoms with Gasteiger partial charge >= 0.3 is 0 Å². The van der Waals surface area contributed by atoms with Crippen LogP contribution in [0.2, 0.25) is 0 Å². The van der Waals surface area contributed by atoms with Gasteiger partial charge in [0.05, 0.1) is 20.8 Å². The maximum Gasteiger partial charge on any atom is 0.128 e. The van der Waals surface area contributed by atoms with Crippen LogP contribution in [0.15, 0.2) is 18.2 Å². The van der Waals surface area contributed by atoms with Crippen molar-refractivity contribution >= 4 is 0 Å². The fraction of sp³-hybridized carbons (Fsp3) is 0.400. The third-order valence-corrected chi connectivity index (χ3v) is 1.79. The van der Waals surface area contributed by atoms with Crippen molar-refractivity contribution < 1.29 is 14.2 Å². The van der Waals surface area contributed by atoms with Crippen molar-refractivity contribution in [3.63, 3.8) is 0 Å². The zero-order chi connectivity index (χ0) is 9.68. The molecule has 0 bridgehead atoms. The van der Waals surface area contributed by atoms with E-state index in [1.54, 1.807) is 21.3 Å². The highest BCUT2D eigenvalue weighted by molar-refractivity contribution is 5.40. The first kappa shape index (κ1) is 9.86. The third kappa shape index (κ3) is 2.36. The Labute approximate surface area is 78.2 Å². The van der Waals surface area contributed by atoms with Crippen LogP contribution in [0.5, 0.6) is 11.5 Å². The van der Waals surface area contributed by atoms with Crippen molar-refractivity contribution in [1.82, 2.24) is 0 Å². The van der Waals surface area contributed by atoms with E-state index in [1.807, 2.05) is 18.2 Å². The Morgan fingerprint density at radius 1 is 1.08 bits per heavy atom. The van der Waals surface area contributed by atoms with Gasteiger partial charge in [-0.25, -0.2) is 0 Å². The minimum Gasteiger partial charge on any atom is -0.497 e. The summed E-state index contributed by atoms with van der Waals surface area (Å²) in [6, 6.07) is 5.66. The Morgan fingerprint density at radius 2 is 1.85 bits per heavy atom. The lowest BCUT2D eigenvalue weighted by Gasteiger charge is -2.09. The molecular weight excluding hydrogens is 168 g/mol. The SMILES string of the molecule is COCc1ccc(OC)cc1OC. The molecule has 0 amide bonds. The fourth-order valence-electron chi connectivity index (χ4n) is 1.13. The van der Waals surface area contributed by atoms with Crippen LogP contribution >= 0.6 is 0 Å². The van der Waals surface area contributed by atoms with E-state index in [1.165, 1.54) is 0 Å². The summed E-state index contributed by atoms with van der Waals surface area (Å²) in [4.78, 5) is 0. The average molecular weight is 182 g/mol. The van der Waals surface area contributed by atoms with Gasteiger partial charge in [0, 0.05) is 18.7 Å². The Balaban J connectivity index is 2.93. The van der Waals surface area contributed by atoms with Crippen LogP contribution in [-0.4, -0.2) is 21.3 Å². The summed E-state index contributed by atoms with van der Waals surface area (Å²) in [5.41, 5.74) is 1.02. The molecule has 0 spiro atoms. The van der Waals surface area contributed by atoms with Crippen LogP contribution in [0.4, 0.5) is 0 Å². The van der Waals surface area contributed by atoms with E-state index >= 15 is 0 Å². The fourth-order valence-corrected chi connectivity index (χ4v) is 1.13. The highest BCUT2D eigenvalue weighted by Crippen LogP contribution is 2.24. The van der Waals surface area contributed by atoms with Gasteiger partial charge in [-0.2, -0.15) is 0 Å². The highest BCUT2D eigenvalue weighted by Gasteiger charge is 2.03. The second-order valence-electron chi connectivity index (χ2n) is 2.61. The number of hydrogen-bond acceptors (Lipinski definition) is 3. The molecule has 1 aromatic rings. The lowest BCUT2D eigenvalue weighted by atomic mass is 10.2. The van der Waals surface area contributed by atoms with Gasteiger partial charge in [0.1, 0.15) is 11.5 Å². The van der Waals surface area contributed by atoms with Crippen LogP contribution in [0.1, 0.15) is 5.56 Å². The first-order chi connectivity index (χ1) is 6.31. The monoisotopic (exact) mass is 182 g/mol. The molecule has 0 unspecified atom stereocenters. The normalized spacial score (nSPS) is 9.77. The van der Waals surface area contributed by atoms with E-state index in [2.05, 4.69) is 0 Å². The summed E-state index contributed by atoms with van der Waals surface area (Å²) < 4.78 is 15.3. The summed E-state index contributed by atoms with van der Waals surface area (Å²) >= 11 is 0. The van der Waals surface area contributed by atoms with Crippen LogP contribution in [0.3, 0.4) is 0 Å². The predicted molar refractivity (Wildman–Crippen MR) is 50.3 cm³/mol. The molecule has 0 aliphatic heterocycles. The van der Waals surface area contributed by atoms with Crippen LogP contribution in [0, 0.1) is 0 Å². The molecule has 0 heterocycles. The molecule has 1 aromatic carbocycles. The first-order valence-electron chi connectivity index (χ1n) is 4.01. The summed E-state index contributed by atoms with van der Waals surface area (Å²) in [6.45, 7) is 0.549. The molecule has 72 valence electrons. The predicted octanol–water partition coefficient (Wildman–Crippen LogP) is 1.85. The smallest absolute Gasteiger partial charge is 0.128 e. The minimum absolute atomic E-state index is 0.549. The molecule has 0 atom stereocenters. The molecule has 0 aliphatic carbocycles. The Hall–Kier alpha value is -1.22. The minimum atomic E-state index is 0.549. The molecule has 0 saturated carbocycles. The zero-order valence-electron chi connectivity index (χ0n) is 8.16. The average Bonchev–Trinajstić information content (AvgIpc) is 2.19. The van der Waals surface area contributed by atoms with Gasteiger partial charge in [-0.15, -0.1) is 0 Å². The van der Waals surface area contributed by atoms with E-state index in [0.29, 0.717) is 6.61 Å². The zero-order valence-corrected chi connectivity index (χ0v) is 8.16. The van der Waals surface area contributed by atoms with Crippen LogP contribution in [-0.2, 0) is 11.3 Å². The molecule has 3 nitrogen and oxygen atoms in total. The molecule has 13 heavy (non-hydrogen) atoms. The Kier molecular flexibility index (Phi) is 3.58. The molecule has 0 aromatic heterocycles. The summed E-state index contributed by atoms with van der Waals surface area (Å²) in [5, 5.41) is 0. The van der Waals surface area contributed by atoms with Gasteiger partial charge in [0.15, 0.2) is 0 Å². The number of methoxy groups -OCH3 is 3. The van der Waals surface area contributed by atoms with E-state index in [4.69, 9.17) is 14.2 Å². The van der Waals surface area contributed by atoms with E-state index < -0.39 is 0 Å². The summed E-state index contributed by atoms with van der Waals surface area (Å²) in [7, 11) is 4.92. The molecule has 0 N–H and O–H groups in total. The molecule has 3 heteroatoms. The van der Waals surface area contributed by atoms with Crippen molar-refractivity contribution in [2.45, 2.75) is 6.61 Å². The maximum atomic E-state index is 5.18. The van der Waals surface area contributed by atoms with E-state index in [-0.39, 0.29) is 0 Å².